The molecule has 0 bridgehead atoms. The first-order chi connectivity index (χ1) is 11.4. The number of aliphatic hydroxyl groups is 1. The van der Waals surface area contributed by atoms with E-state index in [1.165, 1.54) is 11.3 Å². The largest absolute Gasteiger partial charge is 0.393 e. The highest BCUT2D eigenvalue weighted by atomic mass is 32.1. The molecule has 0 spiro atoms. The summed E-state index contributed by atoms with van der Waals surface area (Å²) in [7, 11) is 1.91. The zero-order chi connectivity index (χ0) is 17.0. The van der Waals surface area contributed by atoms with Crippen molar-refractivity contribution in [3.05, 3.63) is 23.3 Å². The van der Waals surface area contributed by atoms with Crippen LogP contribution in [0.1, 0.15) is 41.6 Å². The van der Waals surface area contributed by atoms with E-state index in [2.05, 4.69) is 4.98 Å². The summed E-state index contributed by atoms with van der Waals surface area (Å²) in [5.41, 5.74) is 8.39. The molecule has 2 unspecified atom stereocenters. The molecule has 128 valence electrons. The van der Waals surface area contributed by atoms with Gasteiger partial charge in [0, 0.05) is 18.7 Å². The smallest absolute Gasteiger partial charge is 0.253 e. The number of anilines is 1. The monoisotopic (exact) mass is 345 g/mol. The molecule has 4 atom stereocenters. The van der Waals surface area contributed by atoms with Crippen LogP contribution in [0.2, 0.25) is 0 Å². The molecule has 2 fully saturated rings. The number of thiazole rings is 1. The number of carbonyl (C=O) groups excluding carboxylic acids is 1. The van der Waals surface area contributed by atoms with Crippen LogP contribution >= 0.6 is 11.3 Å². The van der Waals surface area contributed by atoms with E-state index < -0.39 is 0 Å². The third-order valence-corrected chi connectivity index (χ3v) is 6.61. The first-order valence-electron chi connectivity index (χ1n) is 8.54. The summed E-state index contributed by atoms with van der Waals surface area (Å²) < 4.78 is 0.968. The minimum atomic E-state index is -0.135. The molecular formula is C18H23N3O2S. The molecule has 2 aliphatic carbocycles. The number of nitrogens with zero attached hydrogens (tertiary/aromatic N) is 2. The standard InChI is InChI=1S/C18H23N3O2S/c1-9-3-12(8-15-16(9)20-18(19)24-15)17(23)21(2)13-4-10-6-14(22)7-11(10)5-13/h3,8,10-11,13-14,22H,4-7H2,1-2H3,(H2,19,20)/t10-,11+,13?,14?. The summed E-state index contributed by atoms with van der Waals surface area (Å²) in [5.74, 6) is 1.22. The van der Waals surface area contributed by atoms with Gasteiger partial charge in [0.2, 0.25) is 0 Å². The Morgan fingerprint density at radius 2 is 1.96 bits per heavy atom. The van der Waals surface area contributed by atoms with Crippen molar-refractivity contribution in [2.24, 2.45) is 11.8 Å². The van der Waals surface area contributed by atoms with Gasteiger partial charge in [0.25, 0.3) is 5.91 Å². The molecule has 24 heavy (non-hydrogen) atoms. The number of aliphatic hydroxyl groups excluding tert-OH is 1. The lowest BCUT2D eigenvalue weighted by molar-refractivity contribution is 0.0722. The first kappa shape index (κ1) is 15.8. The van der Waals surface area contributed by atoms with Gasteiger partial charge in [0.05, 0.1) is 16.3 Å². The molecule has 1 heterocycles. The van der Waals surface area contributed by atoms with Gasteiger partial charge in [-0.1, -0.05) is 11.3 Å². The molecule has 1 amide bonds. The van der Waals surface area contributed by atoms with Crippen LogP contribution in [0.4, 0.5) is 5.13 Å². The minimum absolute atomic E-state index is 0.0671. The van der Waals surface area contributed by atoms with E-state index in [4.69, 9.17) is 5.73 Å². The van der Waals surface area contributed by atoms with Crippen LogP contribution in [0.3, 0.4) is 0 Å². The fourth-order valence-electron chi connectivity index (χ4n) is 4.58. The fraction of sp³-hybridized carbons (Fsp3) is 0.556. The lowest BCUT2D eigenvalue weighted by Gasteiger charge is -2.26. The zero-order valence-electron chi connectivity index (χ0n) is 14.0. The summed E-state index contributed by atoms with van der Waals surface area (Å²) in [6.45, 7) is 1.97. The molecular weight excluding hydrogens is 322 g/mol. The van der Waals surface area contributed by atoms with Gasteiger partial charge in [-0.05, 0) is 62.1 Å². The molecule has 2 aromatic rings. The molecule has 2 aliphatic rings. The van der Waals surface area contributed by atoms with E-state index in [0.717, 1.165) is 41.5 Å². The molecule has 0 aliphatic heterocycles. The summed E-state index contributed by atoms with van der Waals surface area (Å²) in [6.07, 6.45) is 3.68. The number of aryl methyl sites for hydroxylation is 1. The Morgan fingerprint density at radius 1 is 1.29 bits per heavy atom. The van der Waals surface area contributed by atoms with E-state index in [0.29, 0.717) is 22.5 Å². The van der Waals surface area contributed by atoms with Gasteiger partial charge in [-0.3, -0.25) is 4.79 Å². The molecule has 3 N–H and O–H groups in total. The van der Waals surface area contributed by atoms with Gasteiger partial charge in [-0.2, -0.15) is 0 Å². The Labute approximate surface area is 145 Å². The zero-order valence-corrected chi connectivity index (χ0v) is 14.8. The third kappa shape index (κ3) is 2.58. The number of nitrogens with two attached hydrogens (primary N) is 1. The van der Waals surface area contributed by atoms with Gasteiger partial charge >= 0.3 is 0 Å². The van der Waals surface area contributed by atoms with Crippen molar-refractivity contribution in [2.45, 2.75) is 44.8 Å². The highest BCUT2D eigenvalue weighted by molar-refractivity contribution is 7.22. The van der Waals surface area contributed by atoms with Crippen molar-refractivity contribution in [1.29, 1.82) is 0 Å². The molecule has 1 aromatic carbocycles. The van der Waals surface area contributed by atoms with Gasteiger partial charge in [0.1, 0.15) is 0 Å². The van der Waals surface area contributed by atoms with Crippen LogP contribution in [-0.4, -0.2) is 40.1 Å². The lowest BCUT2D eigenvalue weighted by Crippen LogP contribution is -2.36. The maximum absolute atomic E-state index is 12.9. The van der Waals surface area contributed by atoms with E-state index >= 15 is 0 Å². The summed E-state index contributed by atoms with van der Waals surface area (Å²) in [4.78, 5) is 19.2. The van der Waals surface area contributed by atoms with Gasteiger partial charge in [-0.25, -0.2) is 4.98 Å². The van der Waals surface area contributed by atoms with Crippen molar-refractivity contribution >= 4 is 32.6 Å². The van der Waals surface area contributed by atoms with E-state index in [1.807, 2.05) is 31.0 Å². The van der Waals surface area contributed by atoms with Crippen LogP contribution in [0.15, 0.2) is 12.1 Å². The SMILES string of the molecule is Cc1cc(C(=O)N(C)C2C[C@H]3CC(O)C[C@H]3C2)cc2sc(N)nc12. The highest BCUT2D eigenvalue weighted by Crippen LogP contribution is 2.45. The maximum Gasteiger partial charge on any atom is 0.253 e. The molecule has 4 rings (SSSR count). The number of rotatable bonds is 2. The van der Waals surface area contributed by atoms with Crippen molar-refractivity contribution in [3.8, 4) is 0 Å². The third-order valence-electron chi connectivity index (χ3n) is 5.78. The summed E-state index contributed by atoms with van der Waals surface area (Å²) in [6, 6.07) is 4.11. The van der Waals surface area contributed by atoms with Crippen LogP contribution in [0.5, 0.6) is 0 Å². The van der Waals surface area contributed by atoms with Crippen molar-refractivity contribution in [2.75, 3.05) is 12.8 Å². The molecule has 0 saturated heterocycles. The summed E-state index contributed by atoms with van der Waals surface area (Å²) >= 11 is 1.42. The Bertz CT molecular complexity index is 789. The number of fused-ring (bicyclic) bond motifs is 2. The topological polar surface area (TPSA) is 79.5 Å². The number of hydrogen-bond acceptors (Lipinski definition) is 5. The Balaban J connectivity index is 1.55. The predicted octanol–water partition coefficient (Wildman–Crippen LogP) is 2.81. The molecule has 5 nitrogen and oxygen atoms in total. The van der Waals surface area contributed by atoms with Crippen LogP contribution in [-0.2, 0) is 0 Å². The van der Waals surface area contributed by atoms with Gasteiger partial charge < -0.3 is 15.7 Å². The van der Waals surface area contributed by atoms with Crippen molar-refractivity contribution in [1.82, 2.24) is 9.88 Å². The fourth-order valence-corrected chi connectivity index (χ4v) is 5.43. The first-order valence-corrected chi connectivity index (χ1v) is 9.36. The number of hydrogen-bond donors (Lipinski definition) is 2. The quantitative estimate of drug-likeness (QED) is 0.877. The number of amides is 1. The van der Waals surface area contributed by atoms with E-state index in [1.54, 1.807) is 0 Å². The number of aromatic nitrogens is 1. The van der Waals surface area contributed by atoms with Crippen LogP contribution in [0, 0.1) is 18.8 Å². The Kier molecular flexibility index (Phi) is 3.77. The van der Waals surface area contributed by atoms with Gasteiger partial charge in [-0.15, -0.1) is 0 Å². The maximum atomic E-state index is 12.9. The molecule has 1 aromatic heterocycles. The Morgan fingerprint density at radius 3 is 2.62 bits per heavy atom. The number of nitrogen functional groups attached to an aromatic ring is 1. The average molecular weight is 345 g/mol. The second-order valence-electron chi connectivity index (χ2n) is 7.38. The van der Waals surface area contributed by atoms with Crippen molar-refractivity contribution in [3.63, 3.8) is 0 Å². The lowest BCUT2D eigenvalue weighted by atomic mass is 10.0. The van der Waals surface area contributed by atoms with E-state index in [9.17, 15) is 9.90 Å². The van der Waals surface area contributed by atoms with Gasteiger partial charge in [0.15, 0.2) is 5.13 Å². The number of carbonyl (C=O) groups is 1. The molecule has 0 radical (unpaired) electrons. The molecule has 2 saturated carbocycles. The highest BCUT2D eigenvalue weighted by Gasteiger charge is 2.43. The second kappa shape index (κ2) is 5.70. The van der Waals surface area contributed by atoms with Crippen LogP contribution in [0.25, 0.3) is 10.2 Å². The van der Waals surface area contributed by atoms with Crippen LogP contribution < -0.4 is 5.73 Å². The normalized spacial score (nSPS) is 29.1. The number of benzene rings is 1. The average Bonchev–Trinajstić information content (AvgIpc) is 3.17. The molecule has 6 heteroatoms. The predicted molar refractivity (Wildman–Crippen MR) is 96.1 cm³/mol. The second-order valence-corrected chi connectivity index (χ2v) is 8.44. The summed E-state index contributed by atoms with van der Waals surface area (Å²) in [5, 5.41) is 10.3. The Hall–Kier alpha value is -1.66. The van der Waals surface area contributed by atoms with Crippen molar-refractivity contribution < 1.29 is 9.90 Å². The minimum Gasteiger partial charge on any atom is -0.393 e. The van der Waals surface area contributed by atoms with E-state index in [-0.39, 0.29) is 18.1 Å².